The Morgan fingerprint density at radius 2 is 1.92 bits per heavy atom. The van der Waals surface area contributed by atoms with Crippen LogP contribution >= 0.6 is 0 Å². The number of hydrogen-bond donors (Lipinski definition) is 1. The second kappa shape index (κ2) is 14.5. The van der Waals surface area contributed by atoms with Gasteiger partial charge in [0.1, 0.15) is 12.4 Å². The summed E-state index contributed by atoms with van der Waals surface area (Å²) in [4.78, 5) is 15.4. The van der Waals surface area contributed by atoms with E-state index in [0.29, 0.717) is 24.7 Å². The molecule has 0 saturated carbocycles. The summed E-state index contributed by atoms with van der Waals surface area (Å²) in [5.41, 5.74) is 5.61. The summed E-state index contributed by atoms with van der Waals surface area (Å²) in [5.74, 6) is 0.387. The number of unbranched alkanes of at least 4 members (excludes halogenated alkanes) is 1. The molecule has 0 aliphatic heterocycles. The van der Waals surface area contributed by atoms with Crippen LogP contribution in [0.5, 0.6) is 0 Å². The van der Waals surface area contributed by atoms with Crippen LogP contribution in [-0.2, 0) is 16.1 Å². The highest BCUT2D eigenvalue weighted by Gasteiger charge is 2.15. The third-order valence-corrected chi connectivity index (χ3v) is 6.82. The molecule has 37 heavy (non-hydrogen) atoms. The molecule has 2 atom stereocenters. The summed E-state index contributed by atoms with van der Waals surface area (Å²) in [7, 11) is 0. The Morgan fingerprint density at radius 3 is 2.62 bits per heavy atom. The Bertz CT molecular complexity index is 1120. The topological polar surface area (TPSA) is 68.7 Å². The fraction of sp³-hybridized carbons (Fsp3) is 0.438. The predicted octanol–water partition coefficient (Wildman–Crippen LogP) is 8.13. The van der Waals surface area contributed by atoms with E-state index in [2.05, 4.69) is 56.1 Å². The number of carbonyl (C=O) groups is 1. The smallest absolute Gasteiger partial charge is 0.354 e. The van der Waals surface area contributed by atoms with Crippen LogP contribution in [0.3, 0.4) is 0 Å². The minimum absolute atomic E-state index is 0.0696. The number of hydrogen-bond acceptors (Lipinski definition) is 4. The molecule has 0 bridgehead atoms. The van der Waals surface area contributed by atoms with Gasteiger partial charge in [-0.1, -0.05) is 62.2 Å². The van der Waals surface area contributed by atoms with Crippen molar-refractivity contribution in [3.63, 3.8) is 0 Å². The van der Waals surface area contributed by atoms with Crippen molar-refractivity contribution in [1.29, 1.82) is 0 Å². The number of rotatable bonds is 13. The minimum Gasteiger partial charge on any atom is -0.489 e. The van der Waals surface area contributed by atoms with E-state index in [1.54, 1.807) is 13.1 Å². The highest BCUT2D eigenvalue weighted by atomic mass is 16.5. The van der Waals surface area contributed by atoms with Crippen molar-refractivity contribution >= 4 is 5.97 Å². The first-order valence-electron chi connectivity index (χ1n) is 13.4. The third-order valence-electron chi connectivity index (χ3n) is 6.82. The summed E-state index contributed by atoms with van der Waals surface area (Å²) in [5, 5.41) is 9.21. The van der Waals surface area contributed by atoms with Crippen molar-refractivity contribution in [2.75, 3.05) is 6.61 Å². The Hall–Kier alpha value is -3.18. The summed E-state index contributed by atoms with van der Waals surface area (Å²) < 4.78 is 12.3. The van der Waals surface area contributed by atoms with Gasteiger partial charge in [-0.15, -0.1) is 0 Å². The van der Waals surface area contributed by atoms with Crippen LogP contribution in [0.25, 0.3) is 0 Å². The van der Waals surface area contributed by atoms with Gasteiger partial charge in [-0.05, 0) is 92.4 Å². The number of allylic oxidation sites excluding steroid dienone is 5. The Balaban J connectivity index is 1.51. The van der Waals surface area contributed by atoms with Gasteiger partial charge in [-0.3, -0.25) is 0 Å². The van der Waals surface area contributed by atoms with Crippen LogP contribution in [0.2, 0.25) is 0 Å². The number of ether oxygens (including phenoxy) is 2. The highest BCUT2D eigenvalue weighted by molar-refractivity contribution is 5.86. The maximum atomic E-state index is 11.2. The van der Waals surface area contributed by atoms with Gasteiger partial charge < -0.3 is 14.6 Å². The SMILES string of the molecule is CCC(OCCCCC(C)C1=C/C(OCc2ccccc2)=C\CC/C(C)=C\1)c1cnc(C(=O)O)c(C)c1. The molecular formula is C32H41NO4. The molecule has 5 heteroatoms. The van der Waals surface area contributed by atoms with Crippen molar-refractivity contribution in [2.24, 2.45) is 5.92 Å². The summed E-state index contributed by atoms with van der Waals surface area (Å²) in [6.45, 7) is 9.61. The first-order valence-corrected chi connectivity index (χ1v) is 13.4. The van der Waals surface area contributed by atoms with Crippen LogP contribution in [0.15, 0.2) is 77.7 Å². The maximum Gasteiger partial charge on any atom is 0.354 e. The van der Waals surface area contributed by atoms with Crippen LogP contribution in [-0.4, -0.2) is 22.7 Å². The third kappa shape index (κ3) is 9.01. The molecule has 0 radical (unpaired) electrons. The molecule has 5 nitrogen and oxygen atoms in total. The van der Waals surface area contributed by atoms with E-state index in [0.717, 1.165) is 49.8 Å². The molecule has 0 spiro atoms. The number of nitrogens with zero attached hydrogens (tertiary/aromatic N) is 1. The number of carboxylic acid groups (broad SMARTS) is 1. The van der Waals surface area contributed by atoms with Crippen molar-refractivity contribution in [3.8, 4) is 0 Å². The molecule has 1 aromatic heterocycles. The molecule has 1 aliphatic carbocycles. The lowest BCUT2D eigenvalue weighted by Crippen LogP contribution is -2.09. The van der Waals surface area contributed by atoms with Crippen molar-refractivity contribution in [2.45, 2.75) is 78.9 Å². The van der Waals surface area contributed by atoms with Crippen LogP contribution < -0.4 is 0 Å². The summed E-state index contributed by atoms with van der Waals surface area (Å²) in [6, 6.07) is 12.2. The zero-order valence-corrected chi connectivity index (χ0v) is 22.7. The Kier molecular flexibility index (Phi) is 11.2. The maximum absolute atomic E-state index is 11.2. The van der Waals surface area contributed by atoms with Crippen molar-refractivity contribution in [3.05, 3.63) is 100 Å². The number of aromatic carboxylic acids is 1. The molecule has 3 rings (SSSR count). The summed E-state index contributed by atoms with van der Waals surface area (Å²) in [6.07, 6.45) is 14.3. The lowest BCUT2D eigenvalue weighted by atomic mass is 9.91. The average Bonchev–Trinajstić information content (AvgIpc) is 2.87. The van der Waals surface area contributed by atoms with Crippen LogP contribution in [0, 0.1) is 12.8 Å². The molecular weight excluding hydrogens is 462 g/mol. The van der Waals surface area contributed by atoms with Gasteiger partial charge in [0.05, 0.1) is 6.10 Å². The molecule has 1 N–H and O–H groups in total. The molecule has 1 aromatic carbocycles. The highest BCUT2D eigenvalue weighted by Crippen LogP contribution is 2.27. The van der Waals surface area contributed by atoms with Gasteiger partial charge in [0, 0.05) is 12.8 Å². The Labute approximate surface area is 221 Å². The Morgan fingerprint density at radius 1 is 1.14 bits per heavy atom. The van der Waals surface area contributed by atoms with Crippen molar-refractivity contribution < 1.29 is 19.4 Å². The average molecular weight is 504 g/mol. The van der Waals surface area contributed by atoms with E-state index in [9.17, 15) is 9.90 Å². The fourth-order valence-electron chi connectivity index (χ4n) is 4.58. The standard InChI is InChI=1S/C32H41NO4/c1-5-30(28-19-25(4)31(32(34)35)33-21-28)36-17-10-9-13-24(3)27-18-23(2)12-11-16-29(20-27)37-22-26-14-7-6-8-15-26/h6-8,14-16,18-21,24,30H,5,9-13,17,22H2,1-4H3,(H,34,35)/b23-18-,27-20+,29-16+. The van der Waals surface area contributed by atoms with E-state index in [-0.39, 0.29) is 11.8 Å². The van der Waals surface area contributed by atoms with E-state index in [1.165, 1.54) is 16.7 Å². The number of aryl methyl sites for hydroxylation is 1. The van der Waals surface area contributed by atoms with Gasteiger partial charge >= 0.3 is 5.97 Å². The molecule has 1 aliphatic rings. The van der Waals surface area contributed by atoms with E-state index < -0.39 is 5.97 Å². The molecule has 198 valence electrons. The van der Waals surface area contributed by atoms with Gasteiger partial charge in [0.15, 0.2) is 5.69 Å². The molecule has 0 amide bonds. The number of pyridine rings is 1. The minimum atomic E-state index is -0.998. The van der Waals surface area contributed by atoms with E-state index in [4.69, 9.17) is 9.47 Å². The zero-order chi connectivity index (χ0) is 26.6. The molecule has 0 saturated heterocycles. The molecule has 0 fully saturated rings. The first kappa shape index (κ1) is 28.4. The van der Waals surface area contributed by atoms with Gasteiger partial charge in [0.2, 0.25) is 0 Å². The van der Waals surface area contributed by atoms with Crippen molar-refractivity contribution in [1.82, 2.24) is 4.98 Å². The van der Waals surface area contributed by atoms with Gasteiger partial charge in [-0.2, -0.15) is 0 Å². The number of aromatic nitrogens is 1. The predicted molar refractivity (Wildman–Crippen MR) is 148 cm³/mol. The second-order valence-electron chi connectivity index (χ2n) is 9.96. The molecule has 2 unspecified atom stereocenters. The lowest BCUT2D eigenvalue weighted by Gasteiger charge is -2.19. The molecule has 2 aromatic rings. The first-order chi connectivity index (χ1) is 17.9. The molecule has 1 heterocycles. The van der Waals surface area contributed by atoms with E-state index in [1.807, 2.05) is 24.3 Å². The van der Waals surface area contributed by atoms with Gasteiger partial charge in [0.25, 0.3) is 0 Å². The number of benzene rings is 1. The largest absolute Gasteiger partial charge is 0.489 e. The second-order valence-corrected chi connectivity index (χ2v) is 9.96. The lowest BCUT2D eigenvalue weighted by molar-refractivity contribution is 0.0466. The van der Waals surface area contributed by atoms with Gasteiger partial charge in [-0.25, -0.2) is 9.78 Å². The normalized spacial score (nSPS) is 19.7. The summed E-state index contributed by atoms with van der Waals surface area (Å²) >= 11 is 0. The number of carboxylic acids is 1. The fourth-order valence-corrected chi connectivity index (χ4v) is 4.58. The van der Waals surface area contributed by atoms with E-state index >= 15 is 0 Å². The zero-order valence-electron chi connectivity index (χ0n) is 22.7. The monoisotopic (exact) mass is 503 g/mol. The van der Waals surface area contributed by atoms with Crippen LogP contribution in [0.4, 0.5) is 0 Å². The van der Waals surface area contributed by atoms with Crippen LogP contribution in [0.1, 0.15) is 92.6 Å². The quantitative estimate of drug-likeness (QED) is 0.279.